The Morgan fingerprint density at radius 2 is 1.81 bits per heavy atom. The molecule has 0 amide bonds. The van der Waals surface area contributed by atoms with E-state index in [2.05, 4.69) is 34.1 Å². The van der Waals surface area contributed by atoms with E-state index in [9.17, 15) is 0 Å². The van der Waals surface area contributed by atoms with E-state index in [0.717, 1.165) is 18.3 Å². The summed E-state index contributed by atoms with van der Waals surface area (Å²) in [5.74, 6) is 0.949. The molecule has 0 spiro atoms. The Hall–Kier alpha value is -1.06. The van der Waals surface area contributed by atoms with Crippen molar-refractivity contribution in [2.45, 2.75) is 44.7 Å². The summed E-state index contributed by atoms with van der Waals surface area (Å²) in [4.78, 5) is 5.32. The first-order valence-electron chi connectivity index (χ1n) is 8.44. The Kier molecular flexibility index (Phi) is 5.15. The van der Waals surface area contributed by atoms with Crippen LogP contribution in [-0.4, -0.2) is 49.1 Å². The second kappa shape index (κ2) is 7.28. The van der Waals surface area contributed by atoms with Crippen molar-refractivity contribution in [1.29, 1.82) is 0 Å². The largest absolute Gasteiger partial charge is 0.497 e. The maximum atomic E-state index is 5.24. The molecule has 116 valence electrons. The van der Waals surface area contributed by atoms with E-state index < -0.39 is 0 Å². The summed E-state index contributed by atoms with van der Waals surface area (Å²) in [6, 6.07) is 9.39. The summed E-state index contributed by atoms with van der Waals surface area (Å²) in [7, 11) is 1.73. The minimum absolute atomic E-state index is 0.830. The van der Waals surface area contributed by atoms with E-state index in [-0.39, 0.29) is 0 Å². The van der Waals surface area contributed by atoms with Crippen molar-refractivity contribution in [2.24, 2.45) is 0 Å². The number of ether oxygens (including phenoxy) is 1. The van der Waals surface area contributed by atoms with Crippen LogP contribution < -0.4 is 4.74 Å². The van der Waals surface area contributed by atoms with Crippen LogP contribution in [-0.2, 0) is 6.54 Å². The molecule has 3 heteroatoms. The maximum absolute atomic E-state index is 5.24. The average molecular weight is 288 g/mol. The quantitative estimate of drug-likeness (QED) is 0.766. The zero-order chi connectivity index (χ0) is 14.5. The van der Waals surface area contributed by atoms with Gasteiger partial charge < -0.3 is 9.64 Å². The summed E-state index contributed by atoms with van der Waals surface area (Å²) in [6.45, 7) is 6.16. The Balaban J connectivity index is 1.51. The van der Waals surface area contributed by atoms with Crippen molar-refractivity contribution in [3.8, 4) is 5.75 Å². The molecule has 0 N–H and O–H groups in total. The predicted molar refractivity (Wildman–Crippen MR) is 86.7 cm³/mol. The van der Waals surface area contributed by atoms with E-state index in [1.54, 1.807) is 7.11 Å². The molecule has 0 atom stereocenters. The van der Waals surface area contributed by atoms with Crippen molar-refractivity contribution in [3.63, 3.8) is 0 Å². The normalized spacial score (nSPS) is 19.9. The molecular weight excluding hydrogens is 260 g/mol. The van der Waals surface area contributed by atoms with Gasteiger partial charge in [0, 0.05) is 25.7 Å². The van der Waals surface area contributed by atoms with Gasteiger partial charge in [-0.15, -0.1) is 0 Å². The van der Waals surface area contributed by atoms with E-state index in [4.69, 9.17) is 4.74 Å². The lowest BCUT2D eigenvalue weighted by Crippen LogP contribution is -2.38. The van der Waals surface area contributed by atoms with Crippen molar-refractivity contribution in [3.05, 3.63) is 29.8 Å². The Morgan fingerprint density at radius 1 is 1.10 bits per heavy atom. The molecule has 3 rings (SSSR count). The highest BCUT2D eigenvalue weighted by Gasteiger charge is 2.29. The van der Waals surface area contributed by atoms with Gasteiger partial charge in [0.05, 0.1) is 7.11 Å². The number of rotatable bonds is 7. The number of hydrogen-bond acceptors (Lipinski definition) is 3. The highest BCUT2D eigenvalue weighted by atomic mass is 16.5. The number of piperidine rings is 1. The molecule has 1 aliphatic carbocycles. The number of methoxy groups -OCH3 is 1. The average Bonchev–Trinajstić information content (AvgIpc) is 3.38. The molecule has 1 saturated heterocycles. The molecule has 21 heavy (non-hydrogen) atoms. The second-order valence-electron chi connectivity index (χ2n) is 6.45. The van der Waals surface area contributed by atoms with Crippen LogP contribution in [0.5, 0.6) is 5.75 Å². The Bertz CT molecular complexity index is 421. The van der Waals surface area contributed by atoms with E-state index in [1.807, 2.05) is 0 Å². The van der Waals surface area contributed by atoms with Gasteiger partial charge >= 0.3 is 0 Å². The number of likely N-dealkylation sites (tertiary alicyclic amines) is 1. The molecule has 0 radical (unpaired) electrons. The lowest BCUT2D eigenvalue weighted by atomic mass is 10.1. The minimum atomic E-state index is 0.830. The first-order chi connectivity index (χ1) is 10.3. The number of benzene rings is 1. The molecule has 1 heterocycles. The molecule has 0 aromatic heterocycles. The van der Waals surface area contributed by atoms with Gasteiger partial charge in [-0.25, -0.2) is 0 Å². The molecule has 0 unspecified atom stereocenters. The number of nitrogens with zero attached hydrogens (tertiary/aromatic N) is 2. The van der Waals surface area contributed by atoms with E-state index >= 15 is 0 Å². The van der Waals surface area contributed by atoms with Crippen LogP contribution in [0.15, 0.2) is 24.3 Å². The van der Waals surface area contributed by atoms with E-state index in [0.29, 0.717) is 0 Å². The van der Waals surface area contributed by atoms with Crippen molar-refractivity contribution in [1.82, 2.24) is 9.80 Å². The lowest BCUT2D eigenvalue weighted by Gasteiger charge is -2.30. The topological polar surface area (TPSA) is 15.7 Å². The SMILES string of the molecule is COc1ccc(CN(CCN2CCCCC2)C2CC2)cc1. The molecule has 1 aliphatic heterocycles. The van der Waals surface area contributed by atoms with Crippen LogP contribution in [0, 0.1) is 0 Å². The fraction of sp³-hybridized carbons (Fsp3) is 0.667. The first-order valence-corrected chi connectivity index (χ1v) is 8.44. The lowest BCUT2D eigenvalue weighted by molar-refractivity contribution is 0.173. The summed E-state index contributed by atoms with van der Waals surface area (Å²) in [5, 5.41) is 0. The third-order valence-corrected chi connectivity index (χ3v) is 4.76. The molecule has 1 aromatic rings. The summed E-state index contributed by atoms with van der Waals surface area (Å²) in [5.41, 5.74) is 1.40. The third-order valence-electron chi connectivity index (χ3n) is 4.76. The van der Waals surface area contributed by atoms with Gasteiger partial charge in [-0.3, -0.25) is 4.90 Å². The number of hydrogen-bond donors (Lipinski definition) is 0. The minimum Gasteiger partial charge on any atom is -0.497 e. The van der Waals surface area contributed by atoms with Crippen LogP contribution in [0.3, 0.4) is 0 Å². The molecule has 1 saturated carbocycles. The molecule has 2 fully saturated rings. The van der Waals surface area contributed by atoms with Crippen LogP contribution in [0.2, 0.25) is 0 Å². The van der Waals surface area contributed by atoms with Crippen LogP contribution in [0.4, 0.5) is 0 Å². The van der Waals surface area contributed by atoms with Gasteiger partial charge in [-0.05, 0) is 56.5 Å². The molecular formula is C18H28N2O. The van der Waals surface area contributed by atoms with Gasteiger partial charge in [0.15, 0.2) is 0 Å². The fourth-order valence-corrected chi connectivity index (χ4v) is 3.25. The van der Waals surface area contributed by atoms with Crippen molar-refractivity contribution < 1.29 is 4.74 Å². The summed E-state index contributed by atoms with van der Waals surface area (Å²) in [6.07, 6.45) is 6.98. The van der Waals surface area contributed by atoms with Gasteiger partial charge in [0.1, 0.15) is 5.75 Å². The van der Waals surface area contributed by atoms with Crippen LogP contribution >= 0.6 is 0 Å². The highest BCUT2D eigenvalue weighted by molar-refractivity contribution is 5.27. The first kappa shape index (κ1) is 14.9. The Labute approximate surface area is 128 Å². The third kappa shape index (κ3) is 4.45. The van der Waals surface area contributed by atoms with Crippen molar-refractivity contribution >= 4 is 0 Å². The van der Waals surface area contributed by atoms with E-state index in [1.165, 1.54) is 63.8 Å². The molecule has 1 aromatic carbocycles. The van der Waals surface area contributed by atoms with Gasteiger partial charge in [-0.1, -0.05) is 18.6 Å². The summed E-state index contributed by atoms with van der Waals surface area (Å²) >= 11 is 0. The van der Waals surface area contributed by atoms with Gasteiger partial charge in [0.25, 0.3) is 0 Å². The molecule has 0 bridgehead atoms. The maximum Gasteiger partial charge on any atom is 0.118 e. The zero-order valence-electron chi connectivity index (χ0n) is 13.3. The predicted octanol–water partition coefficient (Wildman–Crippen LogP) is 3.15. The monoisotopic (exact) mass is 288 g/mol. The van der Waals surface area contributed by atoms with Crippen molar-refractivity contribution in [2.75, 3.05) is 33.3 Å². The van der Waals surface area contributed by atoms with Crippen LogP contribution in [0.25, 0.3) is 0 Å². The van der Waals surface area contributed by atoms with Gasteiger partial charge in [0.2, 0.25) is 0 Å². The highest BCUT2D eigenvalue weighted by Crippen LogP contribution is 2.28. The molecule has 2 aliphatic rings. The summed E-state index contributed by atoms with van der Waals surface area (Å²) < 4.78 is 5.24. The second-order valence-corrected chi connectivity index (χ2v) is 6.45. The van der Waals surface area contributed by atoms with Gasteiger partial charge in [-0.2, -0.15) is 0 Å². The standard InChI is InChI=1S/C18H28N2O/c1-21-18-9-5-16(6-10-18)15-20(17-7-8-17)14-13-19-11-3-2-4-12-19/h5-6,9-10,17H,2-4,7-8,11-15H2,1H3. The van der Waals surface area contributed by atoms with Crippen LogP contribution in [0.1, 0.15) is 37.7 Å². The molecule has 3 nitrogen and oxygen atoms in total. The fourth-order valence-electron chi connectivity index (χ4n) is 3.25. The smallest absolute Gasteiger partial charge is 0.118 e. The zero-order valence-corrected chi connectivity index (χ0v) is 13.3. The Morgan fingerprint density at radius 3 is 2.43 bits per heavy atom.